The molecule has 0 spiro atoms. The van der Waals surface area contributed by atoms with E-state index >= 15 is 0 Å². The molecule has 1 amide bonds. The summed E-state index contributed by atoms with van der Waals surface area (Å²) in [5.74, 6) is -1.60. The van der Waals surface area contributed by atoms with Crippen LogP contribution in [0.25, 0.3) is 10.6 Å². The van der Waals surface area contributed by atoms with Crippen molar-refractivity contribution in [3.8, 4) is 10.6 Å². The second kappa shape index (κ2) is 5.33. The molecule has 3 rings (SSSR count). The van der Waals surface area contributed by atoms with Crippen molar-refractivity contribution in [1.82, 2.24) is 15.1 Å². The van der Waals surface area contributed by atoms with E-state index in [0.29, 0.717) is 12.2 Å². The van der Waals surface area contributed by atoms with E-state index in [1.165, 1.54) is 0 Å². The Labute approximate surface area is 125 Å². The van der Waals surface area contributed by atoms with Crippen molar-refractivity contribution in [3.63, 3.8) is 0 Å². The molecule has 2 atom stereocenters. The number of amides is 1. The Morgan fingerprint density at radius 3 is 2.90 bits per heavy atom. The minimum atomic E-state index is -0.848. The van der Waals surface area contributed by atoms with Gasteiger partial charge in [0.1, 0.15) is 0 Å². The van der Waals surface area contributed by atoms with Crippen LogP contribution in [0.3, 0.4) is 0 Å². The first kappa shape index (κ1) is 13.8. The number of H-pyrrole nitrogens is 1. The maximum absolute atomic E-state index is 12.4. The predicted molar refractivity (Wildman–Crippen MR) is 78.1 cm³/mol. The number of carbonyl (C=O) groups is 2. The molecule has 0 radical (unpaired) electrons. The number of likely N-dealkylation sites (tertiary alicyclic amines) is 1. The highest BCUT2D eigenvalue weighted by atomic mass is 32.1. The van der Waals surface area contributed by atoms with E-state index in [-0.39, 0.29) is 18.4 Å². The second-order valence-electron chi connectivity index (χ2n) is 5.28. The third-order valence-electron chi connectivity index (χ3n) is 3.80. The van der Waals surface area contributed by atoms with Crippen LogP contribution in [0.1, 0.15) is 17.4 Å². The lowest BCUT2D eigenvalue weighted by Crippen LogP contribution is -2.30. The van der Waals surface area contributed by atoms with Crippen molar-refractivity contribution < 1.29 is 14.7 Å². The van der Waals surface area contributed by atoms with Gasteiger partial charge in [0.15, 0.2) is 5.69 Å². The normalized spacial score (nSPS) is 21.7. The van der Waals surface area contributed by atoms with Crippen molar-refractivity contribution in [2.24, 2.45) is 11.8 Å². The van der Waals surface area contributed by atoms with Gasteiger partial charge in [0.2, 0.25) is 0 Å². The molecule has 1 saturated heterocycles. The van der Waals surface area contributed by atoms with Crippen LogP contribution in [-0.4, -0.2) is 45.2 Å². The first-order valence-electron chi connectivity index (χ1n) is 6.67. The number of hydrogen-bond donors (Lipinski definition) is 2. The molecule has 0 bridgehead atoms. The van der Waals surface area contributed by atoms with Crippen molar-refractivity contribution in [1.29, 1.82) is 0 Å². The van der Waals surface area contributed by atoms with Gasteiger partial charge >= 0.3 is 5.97 Å². The van der Waals surface area contributed by atoms with E-state index < -0.39 is 11.9 Å². The zero-order chi connectivity index (χ0) is 15.0. The molecule has 0 aliphatic carbocycles. The van der Waals surface area contributed by atoms with Gasteiger partial charge in [0.05, 0.1) is 16.5 Å². The fourth-order valence-electron chi connectivity index (χ4n) is 2.61. The smallest absolute Gasteiger partial charge is 0.308 e. The zero-order valence-corrected chi connectivity index (χ0v) is 12.3. The van der Waals surface area contributed by atoms with Crippen LogP contribution in [0, 0.1) is 11.8 Å². The van der Waals surface area contributed by atoms with E-state index in [1.807, 2.05) is 24.4 Å². The molecule has 1 fully saturated rings. The van der Waals surface area contributed by atoms with Crippen molar-refractivity contribution in [2.45, 2.75) is 6.92 Å². The maximum atomic E-state index is 12.4. The van der Waals surface area contributed by atoms with E-state index in [4.69, 9.17) is 5.11 Å². The summed E-state index contributed by atoms with van der Waals surface area (Å²) >= 11 is 1.56. The summed E-state index contributed by atoms with van der Waals surface area (Å²) < 4.78 is 0. The molecule has 0 aromatic carbocycles. The average molecular weight is 305 g/mol. The summed E-state index contributed by atoms with van der Waals surface area (Å²) in [5.41, 5.74) is 1.13. The lowest BCUT2D eigenvalue weighted by atomic mass is 9.99. The van der Waals surface area contributed by atoms with Crippen LogP contribution in [0.4, 0.5) is 0 Å². The summed E-state index contributed by atoms with van der Waals surface area (Å²) in [4.78, 5) is 26.1. The lowest BCUT2D eigenvalue weighted by Gasteiger charge is -2.13. The SMILES string of the molecule is C[C@@H]1CN(C(=O)c2cc(-c3cccs3)[nH]n2)C[C@H]1C(=O)O. The molecule has 2 aromatic rings. The molecule has 110 valence electrons. The highest BCUT2D eigenvalue weighted by molar-refractivity contribution is 7.13. The van der Waals surface area contributed by atoms with Crippen LogP contribution in [0.15, 0.2) is 23.6 Å². The number of thiophene rings is 1. The van der Waals surface area contributed by atoms with Gasteiger partial charge in [-0.1, -0.05) is 13.0 Å². The summed E-state index contributed by atoms with van der Waals surface area (Å²) in [6.45, 7) is 2.56. The molecule has 6 nitrogen and oxygen atoms in total. The lowest BCUT2D eigenvalue weighted by molar-refractivity contribution is -0.142. The standard InChI is InChI=1S/C14H15N3O3S/c1-8-6-17(7-9(8)14(19)20)13(18)11-5-10(15-16-11)12-3-2-4-21-12/h2-5,8-9H,6-7H2,1H3,(H,15,16)(H,19,20)/t8-,9-/m1/s1. The maximum Gasteiger partial charge on any atom is 0.308 e. The van der Waals surface area contributed by atoms with Gasteiger partial charge in [-0.25, -0.2) is 0 Å². The molecule has 21 heavy (non-hydrogen) atoms. The van der Waals surface area contributed by atoms with Crippen molar-refractivity contribution in [2.75, 3.05) is 13.1 Å². The van der Waals surface area contributed by atoms with Gasteiger partial charge in [-0.05, 0) is 23.4 Å². The van der Waals surface area contributed by atoms with Crippen molar-refractivity contribution in [3.05, 3.63) is 29.3 Å². The summed E-state index contributed by atoms with van der Waals surface area (Å²) in [6, 6.07) is 5.60. The van der Waals surface area contributed by atoms with E-state index in [9.17, 15) is 9.59 Å². The fourth-order valence-corrected chi connectivity index (χ4v) is 3.30. The Hall–Kier alpha value is -2.15. The number of carbonyl (C=O) groups excluding carboxylic acids is 1. The molecule has 2 aromatic heterocycles. The average Bonchev–Trinajstić information content (AvgIpc) is 3.17. The minimum Gasteiger partial charge on any atom is -0.481 e. The number of aromatic nitrogens is 2. The molecule has 1 aliphatic heterocycles. The van der Waals surface area contributed by atoms with Gasteiger partial charge in [-0.15, -0.1) is 11.3 Å². The fraction of sp³-hybridized carbons (Fsp3) is 0.357. The number of carboxylic acid groups (broad SMARTS) is 1. The predicted octanol–water partition coefficient (Wildman–Crippen LogP) is 1.93. The highest BCUT2D eigenvalue weighted by Crippen LogP contribution is 2.26. The molecular formula is C14H15N3O3S. The highest BCUT2D eigenvalue weighted by Gasteiger charge is 2.37. The molecule has 3 heterocycles. The third-order valence-corrected chi connectivity index (χ3v) is 4.70. The Kier molecular flexibility index (Phi) is 3.50. The summed E-state index contributed by atoms with van der Waals surface area (Å²) in [5, 5.41) is 18.0. The number of hydrogen-bond acceptors (Lipinski definition) is 4. The Balaban J connectivity index is 1.76. The molecule has 0 saturated carbocycles. The first-order chi connectivity index (χ1) is 10.1. The van der Waals surface area contributed by atoms with Crippen LogP contribution in [-0.2, 0) is 4.79 Å². The number of nitrogens with one attached hydrogen (secondary N) is 1. The summed E-state index contributed by atoms with van der Waals surface area (Å²) in [7, 11) is 0. The largest absolute Gasteiger partial charge is 0.481 e. The molecule has 7 heteroatoms. The monoisotopic (exact) mass is 305 g/mol. The quantitative estimate of drug-likeness (QED) is 0.907. The zero-order valence-electron chi connectivity index (χ0n) is 11.4. The number of aliphatic carboxylic acids is 1. The Morgan fingerprint density at radius 2 is 2.29 bits per heavy atom. The number of carboxylic acids is 1. The number of aromatic amines is 1. The number of nitrogens with zero attached hydrogens (tertiary/aromatic N) is 2. The van der Waals surface area contributed by atoms with E-state index in [0.717, 1.165) is 10.6 Å². The van der Waals surface area contributed by atoms with Crippen molar-refractivity contribution >= 4 is 23.2 Å². The van der Waals surface area contributed by atoms with Gasteiger partial charge < -0.3 is 10.0 Å². The first-order valence-corrected chi connectivity index (χ1v) is 7.55. The molecule has 1 aliphatic rings. The van der Waals surface area contributed by atoms with E-state index in [1.54, 1.807) is 22.3 Å². The van der Waals surface area contributed by atoms with Crippen LogP contribution in [0.2, 0.25) is 0 Å². The Bertz CT molecular complexity index is 665. The van der Waals surface area contributed by atoms with Crippen LogP contribution >= 0.6 is 11.3 Å². The molecule has 2 N–H and O–H groups in total. The Morgan fingerprint density at radius 1 is 1.48 bits per heavy atom. The third kappa shape index (κ3) is 2.56. The summed E-state index contributed by atoms with van der Waals surface area (Å²) in [6.07, 6.45) is 0. The molecule has 0 unspecified atom stereocenters. The van der Waals surface area contributed by atoms with Gasteiger partial charge in [-0.3, -0.25) is 14.7 Å². The topological polar surface area (TPSA) is 86.3 Å². The molecular weight excluding hydrogens is 290 g/mol. The second-order valence-corrected chi connectivity index (χ2v) is 6.22. The van der Waals surface area contributed by atoms with Crippen LogP contribution in [0.5, 0.6) is 0 Å². The van der Waals surface area contributed by atoms with Gasteiger partial charge in [0.25, 0.3) is 5.91 Å². The van der Waals surface area contributed by atoms with Gasteiger partial charge in [-0.2, -0.15) is 5.10 Å². The van der Waals surface area contributed by atoms with Gasteiger partial charge in [0, 0.05) is 13.1 Å². The van der Waals surface area contributed by atoms with Crippen LogP contribution < -0.4 is 0 Å². The number of rotatable bonds is 3. The van der Waals surface area contributed by atoms with E-state index in [2.05, 4.69) is 10.2 Å². The minimum absolute atomic E-state index is 0.0397.